The van der Waals surface area contributed by atoms with Gasteiger partial charge in [-0.15, -0.1) is 0 Å². The Balaban J connectivity index is 1.26. The zero-order chi connectivity index (χ0) is 20.8. The topological polar surface area (TPSA) is 50.2 Å². The molecule has 0 saturated carbocycles. The van der Waals surface area contributed by atoms with Crippen LogP contribution >= 0.6 is 15.9 Å². The summed E-state index contributed by atoms with van der Waals surface area (Å²) in [4.78, 5) is 19.2. The van der Waals surface area contributed by atoms with Gasteiger partial charge in [-0.3, -0.25) is 9.69 Å². The molecule has 1 amide bonds. The molecule has 5 nitrogen and oxygen atoms in total. The van der Waals surface area contributed by atoms with E-state index in [2.05, 4.69) is 73.6 Å². The van der Waals surface area contributed by atoms with Gasteiger partial charge in [-0.2, -0.15) is 0 Å². The molecular weight excluding hydrogens is 440 g/mol. The van der Waals surface area contributed by atoms with Crippen LogP contribution in [0.5, 0.6) is 0 Å². The summed E-state index contributed by atoms with van der Waals surface area (Å²) in [5, 5.41) is 3.14. The molecule has 1 aliphatic rings. The maximum Gasteiger partial charge on any atom is 0.224 e. The molecule has 2 heterocycles. The fourth-order valence-electron chi connectivity index (χ4n) is 3.99. The lowest BCUT2D eigenvalue weighted by Gasteiger charge is -2.32. The monoisotopic (exact) mass is 466 g/mol. The van der Waals surface area contributed by atoms with Gasteiger partial charge in [0.25, 0.3) is 0 Å². The van der Waals surface area contributed by atoms with Gasteiger partial charge in [-0.05, 0) is 48.2 Å². The summed E-state index contributed by atoms with van der Waals surface area (Å²) in [6.45, 7) is 4.15. The number of likely N-dealkylation sites (tertiary alicyclic amines) is 1. The standard InChI is InChI=1S/C24H27BrN4O/c25-23-5-1-3-21(13-23)16-28-11-2-4-22(17-28)24(30)27-14-19-6-8-20(9-7-19)15-29-12-10-26-18-29/h1,3,5-10,12-13,18,22H,2,4,11,14-17H2,(H,27,30). The highest BCUT2D eigenvalue weighted by Gasteiger charge is 2.25. The van der Waals surface area contributed by atoms with Crippen LogP contribution in [0.4, 0.5) is 0 Å². The normalized spacial score (nSPS) is 17.0. The number of halogens is 1. The van der Waals surface area contributed by atoms with Gasteiger partial charge in [0.2, 0.25) is 5.91 Å². The molecule has 1 unspecified atom stereocenters. The van der Waals surface area contributed by atoms with Crippen molar-refractivity contribution in [3.05, 3.63) is 88.4 Å². The molecule has 1 saturated heterocycles. The fourth-order valence-corrected chi connectivity index (χ4v) is 4.44. The summed E-state index contributed by atoms with van der Waals surface area (Å²) >= 11 is 3.54. The third-order valence-electron chi connectivity index (χ3n) is 5.59. The molecule has 1 aromatic heterocycles. The highest BCUT2D eigenvalue weighted by Crippen LogP contribution is 2.20. The minimum Gasteiger partial charge on any atom is -0.352 e. The lowest BCUT2D eigenvalue weighted by atomic mass is 9.96. The van der Waals surface area contributed by atoms with Crippen molar-refractivity contribution in [2.45, 2.75) is 32.5 Å². The van der Waals surface area contributed by atoms with Crippen LogP contribution in [-0.4, -0.2) is 33.4 Å². The molecule has 2 aromatic carbocycles. The van der Waals surface area contributed by atoms with E-state index in [4.69, 9.17) is 0 Å². The Bertz CT molecular complexity index is 956. The maximum absolute atomic E-state index is 12.7. The summed E-state index contributed by atoms with van der Waals surface area (Å²) in [6, 6.07) is 16.8. The molecule has 0 bridgehead atoms. The molecule has 0 spiro atoms. The van der Waals surface area contributed by atoms with Crippen molar-refractivity contribution >= 4 is 21.8 Å². The average Bonchev–Trinajstić information content (AvgIpc) is 3.26. The molecule has 1 fully saturated rings. The number of hydrogen-bond donors (Lipinski definition) is 1. The number of nitrogens with one attached hydrogen (secondary N) is 1. The van der Waals surface area contributed by atoms with Gasteiger partial charge >= 0.3 is 0 Å². The zero-order valence-corrected chi connectivity index (χ0v) is 18.6. The lowest BCUT2D eigenvalue weighted by molar-refractivity contribution is -0.126. The minimum atomic E-state index is 0.0615. The number of amides is 1. The Hall–Kier alpha value is -2.44. The average molecular weight is 467 g/mol. The lowest BCUT2D eigenvalue weighted by Crippen LogP contribution is -2.42. The molecule has 1 N–H and O–H groups in total. The molecule has 6 heteroatoms. The fraction of sp³-hybridized carbons (Fsp3) is 0.333. The number of carbonyl (C=O) groups is 1. The number of carbonyl (C=O) groups excluding carboxylic acids is 1. The Labute approximate surface area is 186 Å². The van der Waals surface area contributed by atoms with Crippen LogP contribution < -0.4 is 5.32 Å². The Kier molecular flexibility index (Phi) is 6.97. The predicted octanol–water partition coefficient (Wildman–Crippen LogP) is 4.22. The molecule has 30 heavy (non-hydrogen) atoms. The van der Waals surface area contributed by atoms with E-state index in [0.29, 0.717) is 6.54 Å². The summed E-state index contributed by atoms with van der Waals surface area (Å²) < 4.78 is 3.14. The van der Waals surface area contributed by atoms with Crippen molar-refractivity contribution in [2.24, 2.45) is 5.92 Å². The summed E-state index contributed by atoms with van der Waals surface area (Å²) in [5.74, 6) is 0.225. The molecule has 1 aliphatic heterocycles. The number of hydrogen-bond acceptors (Lipinski definition) is 3. The van der Waals surface area contributed by atoms with Gasteiger partial charge in [0, 0.05) is 43.0 Å². The Morgan fingerprint density at radius 3 is 2.70 bits per heavy atom. The van der Waals surface area contributed by atoms with Crippen LogP contribution in [0.3, 0.4) is 0 Å². The van der Waals surface area contributed by atoms with Gasteiger partial charge in [-0.1, -0.05) is 52.3 Å². The predicted molar refractivity (Wildman–Crippen MR) is 122 cm³/mol. The highest BCUT2D eigenvalue weighted by atomic mass is 79.9. The van der Waals surface area contributed by atoms with Crippen molar-refractivity contribution in [3.63, 3.8) is 0 Å². The first-order valence-corrected chi connectivity index (χ1v) is 11.2. The minimum absolute atomic E-state index is 0.0615. The van der Waals surface area contributed by atoms with E-state index in [-0.39, 0.29) is 11.8 Å². The van der Waals surface area contributed by atoms with Crippen LogP contribution in [0, 0.1) is 5.92 Å². The van der Waals surface area contributed by atoms with Crippen molar-refractivity contribution in [3.8, 4) is 0 Å². The van der Waals surface area contributed by atoms with Crippen molar-refractivity contribution in [2.75, 3.05) is 13.1 Å². The van der Waals surface area contributed by atoms with Crippen LogP contribution in [-0.2, 0) is 24.4 Å². The van der Waals surface area contributed by atoms with Crippen molar-refractivity contribution < 1.29 is 4.79 Å². The highest BCUT2D eigenvalue weighted by molar-refractivity contribution is 9.10. The Morgan fingerprint density at radius 2 is 1.93 bits per heavy atom. The number of rotatable bonds is 7. The first-order chi connectivity index (χ1) is 14.7. The van der Waals surface area contributed by atoms with E-state index in [1.54, 1.807) is 6.20 Å². The van der Waals surface area contributed by atoms with Crippen molar-refractivity contribution in [1.29, 1.82) is 0 Å². The molecule has 3 aromatic rings. The number of nitrogens with zero attached hydrogens (tertiary/aromatic N) is 3. The van der Waals surface area contributed by atoms with E-state index in [1.165, 1.54) is 11.1 Å². The van der Waals surface area contributed by atoms with E-state index < -0.39 is 0 Å². The molecule has 156 valence electrons. The van der Waals surface area contributed by atoms with E-state index in [1.807, 2.05) is 23.2 Å². The van der Waals surface area contributed by atoms with Crippen LogP contribution in [0.25, 0.3) is 0 Å². The summed E-state index contributed by atoms with van der Waals surface area (Å²) in [5.41, 5.74) is 3.62. The third-order valence-corrected chi connectivity index (χ3v) is 6.08. The van der Waals surface area contributed by atoms with E-state index in [9.17, 15) is 4.79 Å². The summed E-state index contributed by atoms with van der Waals surface area (Å²) in [7, 11) is 0. The third kappa shape index (κ3) is 5.80. The number of aromatic nitrogens is 2. The second-order valence-electron chi connectivity index (χ2n) is 7.97. The van der Waals surface area contributed by atoms with Crippen LogP contribution in [0.2, 0.25) is 0 Å². The molecule has 0 radical (unpaired) electrons. The molecule has 1 atom stereocenters. The Morgan fingerprint density at radius 1 is 1.10 bits per heavy atom. The summed E-state index contributed by atoms with van der Waals surface area (Å²) in [6.07, 6.45) is 7.59. The quantitative estimate of drug-likeness (QED) is 0.566. The molecule has 0 aliphatic carbocycles. The van der Waals surface area contributed by atoms with Gasteiger partial charge in [0.05, 0.1) is 12.2 Å². The zero-order valence-electron chi connectivity index (χ0n) is 17.0. The second kappa shape index (κ2) is 10.0. The van der Waals surface area contributed by atoms with Gasteiger partial charge < -0.3 is 9.88 Å². The smallest absolute Gasteiger partial charge is 0.224 e. The van der Waals surface area contributed by atoms with Gasteiger partial charge in [-0.25, -0.2) is 4.98 Å². The van der Waals surface area contributed by atoms with Gasteiger partial charge in [0.1, 0.15) is 0 Å². The van der Waals surface area contributed by atoms with E-state index in [0.717, 1.165) is 49.1 Å². The second-order valence-corrected chi connectivity index (χ2v) is 8.89. The first kappa shape index (κ1) is 20.8. The maximum atomic E-state index is 12.7. The van der Waals surface area contributed by atoms with E-state index >= 15 is 0 Å². The van der Waals surface area contributed by atoms with Crippen molar-refractivity contribution in [1.82, 2.24) is 19.8 Å². The number of benzene rings is 2. The van der Waals surface area contributed by atoms with Crippen LogP contribution in [0.1, 0.15) is 29.5 Å². The van der Waals surface area contributed by atoms with Gasteiger partial charge in [0.15, 0.2) is 0 Å². The SMILES string of the molecule is O=C(NCc1ccc(Cn2ccnc2)cc1)C1CCCN(Cc2cccc(Br)c2)C1. The largest absolute Gasteiger partial charge is 0.352 e. The number of piperidine rings is 1. The molecule has 4 rings (SSSR count). The first-order valence-electron chi connectivity index (χ1n) is 10.4. The number of imidazole rings is 1. The van der Waals surface area contributed by atoms with Crippen LogP contribution in [0.15, 0.2) is 71.7 Å². The molecular formula is C24H27BrN4O.